The fourth-order valence-electron chi connectivity index (χ4n) is 0.637. The van der Waals surface area contributed by atoms with Gasteiger partial charge in [0.05, 0.1) is 0 Å². The zero-order valence-corrected chi connectivity index (χ0v) is 11.6. The van der Waals surface area contributed by atoms with Gasteiger partial charge in [-0.1, -0.05) is 0 Å². The maximum absolute atomic E-state index is 2.25. The van der Waals surface area contributed by atoms with Gasteiger partial charge >= 0.3 is 121 Å². The molecular formula is C6H4K2. The van der Waals surface area contributed by atoms with Crippen molar-refractivity contribution in [3.63, 3.8) is 0 Å². The van der Waals surface area contributed by atoms with Crippen LogP contribution in [0.3, 0.4) is 0 Å². The molecule has 0 saturated carbocycles. The molecule has 0 aliphatic rings. The van der Waals surface area contributed by atoms with Crippen LogP contribution in [0.1, 0.15) is 0 Å². The number of hydrogen-bond donors (Lipinski definition) is 0. The van der Waals surface area contributed by atoms with Gasteiger partial charge in [0.1, 0.15) is 0 Å². The second kappa shape index (κ2) is 4.39. The molecule has 0 heterocycles. The van der Waals surface area contributed by atoms with Crippen molar-refractivity contribution in [1.29, 1.82) is 0 Å². The Hall–Kier alpha value is 2.49. The normalized spacial score (nSPS) is 9.50. The molecule has 8 heavy (non-hydrogen) atoms. The van der Waals surface area contributed by atoms with Gasteiger partial charge in [0.2, 0.25) is 0 Å². The van der Waals surface area contributed by atoms with Crippen LogP contribution >= 0.6 is 0 Å². The molecule has 0 radical (unpaired) electrons. The first-order valence-corrected chi connectivity index (χ1v) is 5.94. The van der Waals surface area contributed by atoms with Gasteiger partial charge in [0, 0.05) is 0 Å². The van der Waals surface area contributed by atoms with Gasteiger partial charge in [-0.2, -0.15) is 0 Å². The summed E-state index contributed by atoms with van der Waals surface area (Å²) in [5.74, 6) is 0. The summed E-state index contributed by atoms with van der Waals surface area (Å²) in [6, 6.07) is 9.00. The third kappa shape index (κ3) is 3.06. The summed E-state index contributed by atoms with van der Waals surface area (Å²) in [6.45, 7) is 0. The van der Waals surface area contributed by atoms with E-state index in [9.17, 15) is 0 Å². The Balaban J connectivity index is 3.03. The topological polar surface area (TPSA) is 0 Å². The summed E-state index contributed by atoms with van der Waals surface area (Å²) in [5.41, 5.74) is 0. The minimum absolute atomic E-state index is 0.869. The molecule has 0 bridgehead atoms. The van der Waals surface area contributed by atoms with Crippen molar-refractivity contribution in [2.75, 3.05) is 0 Å². The van der Waals surface area contributed by atoms with Crippen LogP contribution in [0.15, 0.2) is 24.3 Å². The predicted octanol–water partition coefficient (Wildman–Crippen LogP) is -0.726. The molecular weight excluding hydrogens is 150 g/mol. The molecule has 0 saturated heterocycles. The van der Waals surface area contributed by atoms with Gasteiger partial charge in [-0.25, -0.2) is 0 Å². The van der Waals surface area contributed by atoms with Crippen molar-refractivity contribution in [1.82, 2.24) is 0 Å². The monoisotopic (exact) mass is 154 g/mol. The number of rotatable bonds is 0. The first-order valence-electron chi connectivity index (χ1n) is 2.82. The second-order valence-corrected chi connectivity index (χ2v) is 5.76. The van der Waals surface area contributed by atoms with Gasteiger partial charge in [-0.3, -0.25) is 0 Å². The van der Waals surface area contributed by atoms with E-state index in [1.54, 1.807) is -0.684 Å². The fourth-order valence-corrected chi connectivity index (χ4v) is 1.68. The van der Waals surface area contributed by atoms with Crippen molar-refractivity contribution < 1.29 is 0 Å². The molecule has 30 valence electrons. The van der Waals surface area contributed by atoms with Gasteiger partial charge in [-0.15, -0.1) is 0 Å². The Kier molecular flexibility index (Phi) is 4.71. The molecule has 0 aliphatic carbocycles. The number of hydrogen-bond acceptors (Lipinski definition) is 0. The molecule has 1 aromatic rings. The third-order valence-corrected chi connectivity index (χ3v) is 3.30. The van der Waals surface area contributed by atoms with Crippen LogP contribution in [-0.4, -0.2) is 97.9 Å². The molecule has 0 amide bonds. The van der Waals surface area contributed by atoms with E-state index < -0.39 is 0 Å². The Bertz CT molecular complexity index is 145. The Labute approximate surface area is 118 Å². The van der Waals surface area contributed by atoms with Crippen LogP contribution in [0.4, 0.5) is 0 Å². The average Bonchev–Trinajstić information content (AvgIpc) is 1.77. The van der Waals surface area contributed by atoms with Crippen molar-refractivity contribution in [2.45, 2.75) is 0 Å². The average molecular weight is 154 g/mol. The zero-order chi connectivity index (χ0) is 5.98. The van der Waals surface area contributed by atoms with Crippen LogP contribution in [0.25, 0.3) is 0 Å². The molecule has 1 aromatic carbocycles. The summed E-state index contributed by atoms with van der Waals surface area (Å²) in [6.07, 6.45) is 0. The van der Waals surface area contributed by atoms with Crippen LogP contribution < -0.4 is -0.684 Å². The van der Waals surface area contributed by atoms with Gasteiger partial charge in [-0.05, 0) is 0 Å². The first kappa shape index (κ1) is 8.59. The summed E-state index contributed by atoms with van der Waals surface area (Å²) in [4.78, 5) is 0. The van der Waals surface area contributed by atoms with Crippen LogP contribution in [0.5, 0.6) is 0 Å². The standard InChI is InChI=1S/C6H4.2K/c1-2-4-6-5-3-1;;/h1-2,5-6H;;. The Morgan fingerprint density at radius 1 is 0.750 bits per heavy atom. The molecule has 0 aromatic heterocycles. The van der Waals surface area contributed by atoms with Crippen LogP contribution in [0.2, 0.25) is 0 Å². The second-order valence-electron chi connectivity index (χ2n) is 2.15. The molecule has 1 rings (SSSR count). The summed E-state index contributed by atoms with van der Waals surface area (Å²) < 4.78 is 3.09. The molecule has 0 atom stereocenters. The molecule has 2 heteroatoms. The van der Waals surface area contributed by atoms with Crippen molar-refractivity contribution in [2.24, 2.45) is 0 Å². The van der Waals surface area contributed by atoms with Crippen molar-refractivity contribution in [3.8, 4) is 0 Å². The van der Waals surface area contributed by atoms with E-state index in [-0.39, 0.29) is 0 Å². The van der Waals surface area contributed by atoms with E-state index >= 15 is 0 Å². The maximum atomic E-state index is 2.25. The summed E-state index contributed by atoms with van der Waals surface area (Å²) >= 11 is 1.74. The van der Waals surface area contributed by atoms with E-state index in [2.05, 4.69) is 24.3 Å². The first-order chi connectivity index (χ1) is 3.79. The number of benzene rings is 1. The Morgan fingerprint density at radius 2 is 1.00 bits per heavy atom. The van der Waals surface area contributed by atoms with E-state index in [1.165, 1.54) is 0 Å². The third-order valence-electron chi connectivity index (χ3n) is 1.22. The predicted molar refractivity (Wildman–Crippen MR) is 37.2 cm³/mol. The SMILES string of the molecule is [K][c]1cc[c]([K])cc1. The molecule has 0 spiro atoms. The minimum atomic E-state index is 0.869. The van der Waals surface area contributed by atoms with Gasteiger partial charge in [0.25, 0.3) is 0 Å². The van der Waals surface area contributed by atoms with E-state index in [1.807, 2.05) is 0 Å². The van der Waals surface area contributed by atoms with E-state index in [0.717, 1.165) is 97.9 Å². The van der Waals surface area contributed by atoms with Crippen LogP contribution in [0, 0.1) is 0 Å². The van der Waals surface area contributed by atoms with Crippen LogP contribution in [-0.2, 0) is 0 Å². The molecule has 0 unspecified atom stereocenters. The van der Waals surface area contributed by atoms with E-state index in [0.29, 0.717) is 0 Å². The summed E-state index contributed by atoms with van der Waals surface area (Å²) in [5, 5.41) is 0. The van der Waals surface area contributed by atoms with Crippen molar-refractivity contribution in [3.05, 3.63) is 24.3 Å². The quantitative estimate of drug-likeness (QED) is 0.432. The molecule has 0 aliphatic heterocycles. The van der Waals surface area contributed by atoms with Crippen molar-refractivity contribution >= 4 is 97.2 Å². The zero-order valence-electron chi connectivity index (χ0n) is 5.31. The fraction of sp³-hybridized carbons (Fsp3) is 0. The van der Waals surface area contributed by atoms with Gasteiger partial charge < -0.3 is 0 Å². The molecule has 0 N–H and O–H groups in total. The molecule has 0 fully saturated rings. The van der Waals surface area contributed by atoms with Gasteiger partial charge in [0.15, 0.2) is 0 Å². The molecule has 0 nitrogen and oxygen atoms in total. The van der Waals surface area contributed by atoms with E-state index in [4.69, 9.17) is 0 Å². The Morgan fingerprint density at radius 3 is 1.25 bits per heavy atom. The summed E-state index contributed by atoms with van der Waals surface area (Å²) in [7, 11) is 0.